The van der Waals surface area contributed by atoms with E-state index >= 15 is 0 Å². The van der Waals surface area contributed by atoms with Crippen LogP contribution in [0.4, 0.5) is 0 Å². The van der Waals surface area contributed by atoms with Crippen LogP contribution in [-0.4, -0.2) is 17.7 Å². The van der Waals surface area contributed by atoms with E-state index in [9.17, 15) is 4.79 Å². The first-order valence-electron chi connectivity index (χ1n) is 5.53. The van der Waals surface area contributed by atoms with Gasteiger partial charge in [0.15, 0.2) is 0 Å². The number of amides is 1. The van der Waals surface area contributed by atoms with Crippen LogP contribution in [0.5, 0.6) is 0 Å². The zero-order valence-corrected chi connectivity index (χ0v) is 10.8. The molecule has 1 aromatic rings. The number of thioether (sulfide) groups is 1. The fraction of sp³-hybridized carbons (Fsp3) is 0.417. The Hall–Kier alpha value is -1.04. The van der Waals surface area contributed by atoms with Gasteiger partial charge in [-0.3, -0.25) is 10.2 Å². The first-order valence-corrected chi connectivity index (χ1v) is 6.68. The Kier molecular flexibility index (Phi) is 6.04. The Morgan fingerprint density at radius 2 is 2.06 bits per heavy atom. The van der Waals surface area contributed by atoms with E-state index in [1.165, 1.54) is 5.56 Å². The second-order valence-corrected chi connectivity index (χ2v) is 5.04. The Morgan fingerprint density at radius 1 is 1.41 bits per heavy atom. The molecule has 4 nitrogen and oxygen atoms in total. The number of carbonyl (C=O) groups excluding carboxylic acids is 1. The van der Waals surface area contributed by atoms with E-state index in [1.54, 1.807) is 11.8 Å². The molecule has 0 aliphatic heterocycles. The maximum Gasteiger partial charge on any atom is 0.238 e. The molecule has 1 atom stereocenters. The van der Waals surface area contributed by atoms with Gasteiger partial charge in [-0.2, -0.15) is 11.8 Å². The third kappa shape index (κ3) is 5.21. The second kappa shape index (κ2) is 7.32. The van der Waals surface area contributed by atoms with Crippen molar-refractivity contribution in [3.63, 3.8) is 0 Å². The standard InChI is InChI=1S/C12H19N3OS/c1-9(13)7-17-8-11-5-3-2-4-10(11)6-12(16)15-14/h2-5,9H,6-8,13-14H2,1H3,(H,15,16). The number of benzene rings is 1. The highest BCUT2D eigenvalue weighted by atomic mass is 32.2. The molecule has 0 aromatic heterocycles. The molecule has 0 fully saturated rings. The van der Waals surface area contributed by atoms with Crippen molar-refractivity contribution in [1.29, 1.82) is 0 Å². The Labute approximate surface area is 106 Å². The molecule has 0 aliphatic carbocycles. The largest absolute Gasteiger partial charge is 0.327 e. The number of hydrazine groups is 1. The molecule has 1 aromatic carbocycles. The molecule has 0 bridgehead atoms. The van der Waals surface area contributed by atoms with Crippen LogP contribution < -0.4 is 17.0 Å². The number of rotatable bonds is 6. The van der Waals surface area contributed by atoms with Crippen LogP contribution in [0, 0.1) is 0 Å². The van der Waals surface area contributed by atoms with Crippen LogP contribution in [0.2, 0.25) is 0 Å². The molecule has 0 aliphatic rings. The maximum atomic E-state index is 11.3. The van der Waals surface area contributed by atoms with Crippen molar-refractivity contribution in [2.45, 2.75) is 25.1 Å². The Balaban J connectivity index is 2.61. The summed E-state index contributed by atoms with van der Waals surface area (Å²) in [6.07, 6.45) is 0.325. The van der Waals surface area contributed by atoms with Gasteiger partial charge < -0.3 is 5.73 Å². The SMILES string of the molecule is CC(N)CSCc1ccccc1CC(=O)NN. The minimum absolute atomic E-state index is 0.172. The second-order valence-electron chi connectivity index (χ2n) is 4.01. The molecule has 0 spiro atoms. The van der Waals surface area contributed by atoms with E-state index in [-0.39, 0.29) is 11.9 Å². The van der Waals surface area contributed by atoms with Gasteiger partial charge in [-0.05, 0) is 18.1 Å². The quantitative estimate of drug-likeness (QED) is 0.398. The lowest BCUT2D eigenvalue weighted by atomic mass is 10.1. The average molecular weight is 253 g/mol. The van der Waals surface area contributed by atoms with Crippen molar-refractivity contribution >= 4 is 17.7 Å². The Morgan fingerprint density at radius 3 is 2.65 bits per heavy atom. The van der Waals surface area contributed by atoms with E-state index < -0.39 is 0 Å². The fourth-order valence-electron chi connectivity index (χ4n) is 1.45. The van der Waals surface area contributed by atoms with Gasteiger partial charge in [0.05, 0.1) is 6.42 Å². The first-order chi connectivity index (χ1) is 8.13. The molecule has 0 radical (unpaired) electrons. The summed E-state index contributed by atoms with van der Waals surface area (Å²) in [4.78, 5) is 11.3. The summed E-state index contributed by atoms with van der Waals surface area (Å²) >= 11 is 1.78. The van der Waals surface area contributed by atoms with Crippen LogP contribution in [0.1, 0.15) is 18.1 Å². The van der Waals surface area contributed by atoms with Gasteiger partial charge in [-0.15, -0.1) is 0 Å². The molecule has 5 N–H and O–H groups in total. The number of hydrogen-bond donors (Lipinski definition) is 3. The van der Waals surface area contributed by atoms with Crippen LogP contribution in [0.15, 0.2) is 24.3 Å². The third-order valence-electron chi connectivity index (χ3n) is 2.27. The molecule has 0 saturated carbocycles. The summed E-state index contributed by atoms with van der Waals surface area (Å²) in [6, 6.07) is 8.09. The lowest BCUT2D eigenvalue weighted by molar-refractivity contribution is -0.120. The predicted molar refractivity (Wildman–Crippen MR) is 72.3 cm³/mol. The highest BCUT2D eigenvalue weighted by molar-refractivity contribution is 7.98. The van der Waals surface area contributed by atoms with Gasteiger partial charge in [0.25, 0.3) is 0 Å². The van der Waals surface area contributed by atoms with E-state index in [0.29, 0.717) is 6.42 Å². The van der Waals surface area contributed by atoms with E-state index in [2.05, 4.69) is 5.43 Å². The number of nitrogens with two attached hydrogens (primary N) is 2. The lowest BCUT2D eigenvalue weighted by Crippen LogP contribution is -2.31. The summed E-state index contributed by atoms with van der Waals surface area (Å²) in [5, 5.41) is 0. The fourth-order valence-corrected chi connectivity index (χ4v) is 2.44. The predicted octanol–water partition coefficient (Wildman–Crippen LogP) is 0.799. The zero-order valence-electron chi connectivity index (χ0n) is 9.98. The minimum Gasteiger partial charge on any atom is -0.327 e. The zero-order chi connectivity index (χ0) is 12.7. The monoisotopic (exact) mass is 253 g/mol. The van der Waals surface area contributed by atoms with Gasteiger partial charge in [0, 0.05) is 17.5 Å². The molecular formula is C12H19N3OS. The molecule has 0 saturated heterocycles. The number of nitrogens with one attached hydrogen (secondary N) is 1. The van der Waals surface area contributed by atoms with Gasteiger partial charge in [0.1, 0.15) is 0 Å². The summed E-state index contributed by atoms with van der Waals surface area (Å²) in [5.74, 6) is 6.70. The molecular weight excluding hydrogens is 234 g/mol. The van der Waals surface area contributed by atoms with Crippen molar-refractivity contribution in [2.24, 2.45) is 11.6 Å². The van der Waals surface area contributed by atoms with Crippen LogP contribution in [0.3, 0.4) is 0 Å². The molecule has 94 valence electrons. The first kappa shape index (κ1) is 14.0. The highest BCUT2D eigenvalue weighted by Gasteiger charge is 2.06. The Bertz CT molecular complexity index is 369. The van der Waals surface area contributed by atoms with Crippen molar-refractivity contribution in [3.8, 4) is 0 Å². The van der Waals surface area contributed by atoms with Crippen LogP contribution in [-0.2, 0) is 17.0 Å². The van der Waals surface area contributed by atoms with E-state index in [1.807, 2.05) is 31.2 Å². The van der Waals surface area contributed by atoms with Gasteiger partial charge >= 0.3 is 0 Å². The molecule has 1 rings (SSSR count). The van der Waals surface area contributed by atoms with E-state index in [4.69, 9.17) is 11.6 Å². The average Bonchev–Trinajstić information content (AvgIpc) is 2.30. The lowest BCUT2D eigenvalue weighted by Gasteiger charge is -2.09. The molecule has 1 amide bonds. The third-order valence-corrected chi connectivity index (χ3v) is 3.55. The van der Waals surface area contributed by atoms with Crippen molar-refractivity contribution < 1.29 is 4.79 Å². The van der Waals surface area contributed by atoms with Crippen LogP contribution >= 0.6 is 11.8 Å². The summed E-state index contributed by atoms with van der Waals surface area (Å²) in [7, 11) is 0. The molecule has 5 heteroatoms. The summed E-state index contributed by atoms with van der Waals surface area (Å²) < 4.78 is 0. The molecule has 17 heavy (non-hydrogen) atoms. The molecule has 0 heterocycles. The van der Waals surface area contributed by atoms with Gasteiger partial charge in [0.2, 0.25) is 5.91 Å². The topological polar surface area (TPSA) is 81.1 Å². The van der Waals surface area contributed by atoms with Gasteiger partial charge in [-0.25, -0.2) is 5.84 Å². The van der Waals surface area contributed by atoms with E-state index in [0.717, 1.165) is 17.1 Å². The summed E-state index contributed by atoms with van der Waals surface area (Å²) in [5.41, 5.74) is 10.0. The van der Waals surface area contributed by atoms with Crippen molar-refractivity contribution in [1.82, 2.24) is 5.43 Å². The van der Waals surface area contributed by atoms with Crippen molar-refractivity contribution in [2.75, 3.05) is 5.75 Å². The maximum absolute atomic E-state index is 11.3. The highest BCUT2D eigenvalue weighted by Crippen LogP contribution is 2.17. The van der Waals surface area contributed by atoms with Crippen molar-refractivity contribution in [3.05, 3.63) is 35.4 Å². The number of hydrogen-bond acceptors (Lipinski definition) is 4. The summed E-state index contributed by atoms with van der Waals surface area (Å²) in [6.45, 7) is 1.99. The number of carbonyl (C=O) groups is 1. The smallest absolute Gasteiger partial charge is 0.238 e. The molecule has 1 unspecified atom stereocenters. The van der Waals surface area contributed by atoms with Gasteiger partial charge in [-0.1, -0.05) is 24.3 Å². The minimum atomic E-state index is -0.172. The normalized spacial score (nSPS) is 12.2. The van der Waals surface area contributed by atoms with Crippen LogP contribution in [0.25, 0.3) is 0 Å².